The fraction of sp³-hybridized carbons (Fsp3) is 0.429. The van der Waals surface area contributed by atoms with Crippen LogP contribution in [0, 0.1) is 5.92 Å². The smallest absolute Gasteiger partial charge is 0.0416 e. The highest BCUT2D eigenvalue weighted by Gasteiger charge is 2.18. The van der Waals surface area contributed by atoms with Crippen LogP contribution in [0.1, 0.15) is 34.1 Å². The Labute approximate surface area is 93.3 Å². The first kappa shape index (κ1) is 11.8. The summed E-state index contributed by atoms with van der Waals surface area (Å²) < 4.78 is 0. The van der Waals surface area contributed by atoms with Crippen LogP contribution in [0.15, 0.2) is 47.3 Å². The molecule has 1 unspecified atom stereocenters. The van der Waals surface area contributed by atoms with Gasteiger partial charge in [0.05, 0.1) is 0 Å². The molecular weight excluding hydrogens is 182 g/mol. The normalized spacial score (nSPS) is 21.1. The van der Waals surface area contributed by atoms with Crippen LogP contribution in [0.3, 0.4) is 0 Å². The lowest BCUT2D eigenvalue weighted by molar-refractivity contribution is 0.664. The molecule has 0 radical (unpaired) electrons. The molecule has 1 atom stereocenters. The molecular formula is C14H21N. The molecule has 0 fully saturated rings. The molecule has 82 valence electrons. The van der Waals surface area contributed by atoms with E-state index in [4.69, 9.17) is 0 Å². The van der Waals surface area contributed by atoms with Gasteiger partial charge in [-0.1, -0.05) is 31.7 Å². The van der Waals surface area contributed by atoms with Crippen molar-refractivity contribution >= 4 is 0 Å². The highest BCUT2D eigenvalue weighted by molar-refractivity contribution is 5.50. The minimum atomic E-state index is 0.618. The molecule has 0 heterocycles. The SMILES string of the molecule is C=C(C)NC1=CCC(C)C(C)=C1C(=C)C. The number of rotatable bonds is 3. The molecule has 0 aromatic rings. The number of nitrogens with one attached hydrogen (secondary N) is 1. The molecule has 1 nitrogen and oxygen atoms in total. The van der Waals surface area contributed by atoms with E-state index < -0.39 is 0 Å². The Hall–Kier alpha value is -1.24. The second kappa shape index (κ2) is 4.52. The first-order valence-electron chi connectivity index (χ1n) is 5.43. The van der Waals surface area contributed by atoms with Gasteiger partial charge in [-0.15, -0.1) is 0 Å². The molecule has 0 saturated heterocycles. The highest BCUT2D eigenvalue weighted by Crippen LogP contribution is 2.32. The minimum Gasteiger partial charge on any atom is -0.359 e. The fourth-order valence-electron chi connectivity index (χ4n) is 1.94. The van der Waals surface area contributed by atoms with Crippen LogP contribution in [0.4, 0.5) is 0 Å². The molecule has 0 aliphatic heterocycles. The van der Waals surface area contributed by atoms with Crippen LogP contribution in [0.2, 0.25) is 0 Å². The van der Waals surface area contributed by atoms with Gasteiger partial charge in [-0.3, -0.25) is 0 Å². The summed E-state index contributed by atoms with van der Waals surface area (Å²) in [5.74, 6) is 0.618. The summed E-state index contributed by atoms with van der Waals surface area (Å²) in [5.41, 5.74) is 5.97. The lowest BCUT2D eigenvalue weighted by Crippen LogP contribution is -2.18. The van der Waals surface area contributed by atoms with Crippen molar-refractivity contribution in [2.24, 2.45) is 5.92 Å². The largest absolute Gasteiger partial charge is 0.359 e. The van der Waals surface area contributed by atoms with Crippen molar-refractivity contribution < 1.29 is 0 Å². The van der Waals surface area contributed by atoms with E-state index in [9.17, 15) is 0 Å². The zero-order valence-corrected chi connectivity index (χ0v) is 10.3. The lowest BCUT2D eigenvalue weighted by Gasteiger charge is -2.26. The molecule has 0 amide bonds. The van der Waals surface area contributed by atoms with Crippen LogP contribution in [-0.2, 0) is 0 Å². The maximum atomic E-state index is 4.05. The zero-order chi connectivity index (χ0) is 11.6. The Morgan fingerprint density at radius 3 is 2.47 bits per heavy atom. The first-order valence-corrected chi connectivity index (χ1v) is 5.43. The van der Waals surface area contributed by atoms with Crippen molar-refractivity contribution in [3.63, 3.8) is 0 Å². The fourth-order valence-corrected chi connectivity index (χ4v) is 1.94. The third kappa shape index (κ3) is 2.62. The van der Waals surface area contributed by atoms with Gasteiger partial charge in [0.1, 0.15) is 0 Å². The van der Waals surface area contributed by atoms with Crippen LogP contribution in [0.5, 0.6) is 0 Å². The summed E-state index contributed by atoms with van der Waals surface area (Å²) in [5, 5.41) is 3.31. The quantitative estimate of drug-likeness (QED) is 0.733. The van der Waals surface area contributed by atoms with E-state index in [0.717, 1.165) is 17.7 Å². The van der Waals surface area contributed by atoms with Crippen LogP contribution in [-0.4, -0.2) is 0 Å². The third-order valence-corrected chi connectivity index (χ3v) is 2.85. The van der Waals surface area contributed by atoms with Gasteiger partial charge >= 0.3 is 0 Å². The van der Waals surface area contributed by atoms with Gasteiger partial charge in [0.2, 0.25) is 0 Å². The predicted octanol–water partition coefficient (Wildman–Crippen LogP) is 3.93. The van der Waals surface area contributed by atoms with Crippen molar-refractivity contribution in [3.8, 4) is 0 Å². The summed E-state index contributed by atoms with van der Waals surface area (Å²) >= 11 is 0. The Bertz CT molecular complexity index is 356. The van der Waals surface area contributed by atoms with Crippen molar-refractivity contribution in [1.82, 2.24) is 5.32 Å². The van der Waals surface area contributed by atoms with Gasteiger partial charge in [-0.25, -0.2) is 0 Å². The Kier molecular flexibility index (Phi) is 3.57. The van der Waals surface area contributed by atoms with E-state index in [1.165, 1.54) is 16.8 Å². The third-order valence-electron chi connectivity index (χ3n) is 2.85. The second-order valence-corrected chi connectivity index (χ2v) is 4.50. The molecule has 0 aromatic carbocycles. The summed E-state index contributed by atoms with van der Waals surface area (Å²) in [6, 6.07) is 0. The molecule has 1 heteroatoms. The standard InChI is InChI=1S/C14H21N/c1-9(2)14-12(6)11(5)7-8-13(14)15-10(3)4/h8,11,15H,1,3,7H2,2,4-6H3. The predicted molar refractivity (Wildman–Crippen MR) is 67.3 cm³/mol. The minimum absolute atomic E-state index is 0.618. The van der Waals surface area contributed by atoms with Crippen LogP contribution in [0.25, 0.3) is 0 Å². The molecule has 1 rings (SSSR count). The average Bonchev–Trinajstić information content (AvgIpc) is 2.10. The molecule has 1 aliphatic rings. The van der Waals surface area contributed by atoms with E-state index in [1.54, 1.807) is 0 Å². The Morgan fingerprint density at radius 1 is 1.40 bits per heavy atom. The lowest BCUT2D eigenvalue weighted by atomic mass is 9.85. The summed E-state index contributed by atoms with van der Waals surface area (Å²) in [6.45, 7) is 16.4. The molecule has 0 saturated carbocycles. The monoisotopic (exact) mass is 203 g/mol. The van der Waals surface area contributed by atoms with E-state index in [0.29, 0.717) is 5.92 Å². The number of hydrogen-bond acceptors (Lipinski definition) is 1. The van der Waals surface area contributed by atoms with Crippen molar-refractivity contribution in [3.05, 3.63) is 47.3 Å². The van der Waals surface area contributed by atoms with Crippen molar-refractivity contribution in [1.29, 1.82) is 0 Å². The maximum absolute atomic E-state index is 4.05. The van der Waals surface area contributed by atoms with Gasteiger partial charge in [0.25, 0.3) is 0 Å². The molecule has 15 heavy (non-hydrogen) atoms. The van der Waals surface area contributed by atoms with Crippen LogP contribution >= 0.6 is 0 Å². The topological polar surface area (TPSA) is 12.0 Å². The van der Waals surface area contributed by atoms with Crippen LogP contribution < -0.4 is 5.32 Å². The molecule has 1 aliphatic carbocycles. The van der Waals surface area contributed by atoms with E-state index in [-0.39, 0.29) is 0 Å². The van der Waals surface area contributed by atoms with Gasteiger partial charge in [-0.05, 0) is 44.3 Å². The molecule has 0 aromatic heterocycles. The summed E-state index contributed by atoms with van der Waals surface area (Å²) in [7, 11) is 0. The number of hydrogen-bond donors (Lipinski definition) is 1. The van der Waals surface area contributed by atoms with Gasteiger partial charge in [-0.2, -0.15) is 0 Å². The number of allylic oxidation sites excluding steroid dienone is 4. The van der Waals surface area contributed by atoms with Gasteiger partial charge in [0, 0.05) is 11.4 Å². The Morgan fingerprint density at radius 2 is 2.00 bits per heavy atom. The van der Waals surface area contributed by atoms with Crippen molar-refractivity contribution in [2.45, 2.75) is 34.1 Å². The molecule has 1 N–H and O–H groups in total. The highest BCUT2D eigenvalue weighted by atomic mass is 14.9. The van der Waals surface area contributed by atoms with Gasteiger partial charge < -0.3 is 5.32 Å². The average molecular weight is 203 g/mol. The summed E-state index contributed by atoms with van der Waals surface area (Å²) in [4.78, 5) is 0. The zero-order valence-electron chi connectivity index (χ0n) is 10.3. The maximum Gasteiger partial charge on any atom is 0.0416 e. The van der Waals surface area contributed by atoms with Crippen molar-refractivity contribution in [2.75, 3.05) is 0 Å². The van der Waals surface area contributed by atoms with E-state index in [1.807, 2.05) is 6.92 Å². The Balaban J connectivity index is 3.07. The van der Waals surface area contributed by atoms with E-state index >= 15 is 0 Å². The van der Waals surface area contributed by atoms with E-state index in [2.05, 4.69) is 45.3 Å². The second-order valence-electron chi connectivity index (χ2n) is 4.50. The summed E-state index contributed by atoms with van der Waals surface area (Å²) in [6.07, 6.45) is 3.34. The van der Waals surface area contributed by atoms with Gasteiger partial charge in [0.15, 0.2) is 0 Å². The molecule has 0 spiro atoms. The first-order chi connectivity index (χ1) is 6.93. The molecule has 0 bridgehead atoms.